The number of carboxylic acids is 1. The molecule has 0 radical (unpaired) electrons. The van der Waals surface area contributed by atoms with Crippen molar-refractivity contribution < 1.29 is 29.2 Å². The van der Waals surface area contributed by atoms with Crippen LogP contribution in [0.5, 0.6) is 0 Å². The molecule has 2 aromatic rings. The van der Waals surface area contributed by atoms with Gasteiger partial charge in [0.25, 0.3) is 11.6 Å². The van der Waals surface area contributed by atoms with Crippen molar-refractivity contribution in [2.75, 3.05) is 22.9 Å². The van der Waals surface area contributed by atoms with Crippen LogP contribution in [0, 0.1) is 10.1 Å². The highest BCUT2D eigenvalue weighted by Crippen LogP contribution is 2.35. The molecule has 11 nitrogen and oxygen atoms in total. The van der Waals surface area contributed by atoms with Crippen LogP contribution in [0.2, 0.25) is 0 Å². The molecule has 2 aliphatic heterocycles. The van der Waals surface area contributed by atoms with Crippen molar-refractivity contribution in [1.82, 2.24) is 5.32 Å². The molecule has 0 aromatic heterocycles. The van der Waals surface area contributed by atoms with Gasteiger partial charge in [-0.05, 0) is 38.0 Å². The number of ether oxygens (including phenoxy) is 1. The quantitative estimate of drug-likeness (QED) is 0.487. The van der Waals surface area contributed by atoms with Gasteiger partial charge in [0.2, 0.25) is 0 Å². The Morgan fingerprint density at radius 1 is 1.18 bits per heavy atom. The Balaban J connectivity index is 1.50. The fourth-order valence-corrected chi connectivity index (χ4v) is 4.31. The van der Waals surface area contributed by atoms with E-state index in [-0.39, 0.29) is 23.9 Å². The van der Waals surface area contributed by atoms with Crippen molar-refractivity contribution in [1.29, 1.82) is 0 Å². The fourth-order valence-electron chi connectivity index (χ4n) is 4.31. The molecule has 0 spiro atoms. The minimum absolute atomic E-state index is 0.00565. The molecule has 1 unspecified atom stereocenters. The van der Waals surface area contributed by atoms with E-state index in [0.29, 0.717) is 31.6 Å². The number of piperidine rings is 1. The molecule has 0 bridgehead atoms. The summed E-state index contributed by atoms with van der Waals surface area (Å²) < 4.78 is 5.32. The predicted octanol–water partition coefficient (Wildman–Crippen LogP) is 2.92. The number of para-hydroxylation sites is 1. The van der Waals surface area contributed by atoms with E-state index in [4.69, 9.17) is 9.84 Å². The van der Waals surface area contributed by atoms with Crippen LogP contribution in [0.4, 0.5) is 21.9 Å². The number of hydrogen-bond acceptors (Lipinski definition) is 7. The Labute approximate surface area is 195 Å². The van der Waals surface area contributed by atoms with E-state index >= 15 is 0 Å². The lowest BCUT2D eigenvalue weighted by molar-refractivity contribution is -0.384. The molecule has 178 valence electrons. The van der Waals surface area contributed by atoms with Crippen LogP contribution in [0.3, 0.4) is 0 Å². The van der Waals surface area contributed by atoms with Crippen molar-refractivity contribution in [3.63, 3.8) is 0 Å². The number of carbonyl (C=O) groups is 3. The third kappa shape index (κ3) is 4.49. The minimum Gasteiger partial charge on any atom is -0.480 e. The van der Waals surface area contributed by atoms with Crippen molar-refractivity contribution in [3.8, 4) is 0 Å². The number of nitrogens with one attached hydrogen (secondary N) is 1. The van der Waals surface area contributed by atoms with E-state index in [1.165, 1.54) is 19.1 Å². The van der Waals surface area contributed by atoms with Gasteiger partial charge in [-0.3, -0.25) is 24.6 Å². The van der Waals surface area contributed by atoms with Crippen molar-refractivity contribution >= 4 is 35.0 Å². The van der Waals surface area contributed by atoms with Crippen LogP contribution in [-0.4, -0.2) is 53.2 Å². The topological polar surface area (TPSA) is 142 Å². The molecule has 11 heteroatoms. The van der Waals surface area contributed by atoms with Gasteiger partial charge in [-0.1, -0.05) is 18.2 Å². The number of carboxylic acid groups (broad SMARTS) is 1. The SMILES string of the molecule is CC(NC(=O)c1ccc(N2CCC(N3C(=O)OCc4ccccc43)CC2)c([N+](=O)[O-])c1)C(=O)O. The fraction of sp³-hybridized carbons (Fsp3) is 0.348. The van der Waals surface area contributed by atoms with Gasteiger partial charge in [0, 0.05) is 36.3 Å². The lowest BCUT2D eigenvalue weighted by Crippen LogP contribution is -2.49. The Morgan fingerprint density at radius 3 is 2.56 bits per heavy atom. The molecule has 0 saturated carbocycles. The number of nitrogens with zero attached hydrogens (tertiary/aromatic N) is 3. The molecule has 0 aliphatic carbocycles. The molecule has 2 aromatic carbocycles. The number of anilines is 2. The van der Waals surface area contributed by atoms with Gasteiger partial charge < -0.3 is 20.1 Å². The van der Waals surface area contributed by atoms with Gasteiger partial charge >= 0.3 is 12.1 Å². The monoisotopic (exact) mass is 468 g/mol. The van der Waals surface area contributed by atoms with Crippen LogP contribution in [0.25, 0.3) is 0 Å². The minimum atomic E-state index is -1.21. The van der Waals surface area contributed by atoms with Crippen molar-refractivity contribution in [3.05, 3.63) is 63.7 Å². The summed E-state index contributed by atoms with van der Waals surface area (Å²) in [4.78, 5) is 50.5. The summed E-state index contributed by atoms with van der Waals surface area (Å²) in [6.07, 6.45) is 0.770. The molecule has 34 heavy (non-hydrogen) atoms. The Bertz CT molecular complexity index is 1140. The summed E-state index contributed by atoms with van der Waals surface area (Å²) in [5, 5.41) is 23.0. The number of fused-ring (bicyclic) bond motifs is 1. The van der Waals surface area contributed by atoms with Crippen LogP contribution >= 0.6 is 0 Å². The third-order valence-electron chi connectivity index (χ3n) is 6.12. The van der Waals surface area contributed by atoms with E-state index < -0.39 is 28.9 Å². The van der Waals surface area contributed by atoms with Gasteiger partial charge in [0.05, 0.1) is 10.6 Å². The van der Waals surface area contributed by atoms with Crippen LogP contribution in [-0.2, 0) is 16.1 Å². The maximum Gasteiger partial charge on any atom is 0.414 e. The number of nitro groups is 1. The summed E-state index contributed by atoms with van der Waals surface area (Å²) in [6.45, 7) is 2.49. The zero-order valence-corrected chi connectivity index (χ0v) is 18.5. The second kappa shape index (κ2) is 9.38. The van der Waals surface area contributed by atoms with Crippen LogP contribution in [0.1, 0.15) is 35.7 Å². The third-order valence-corrected chi connectivity index (χ3v) is 6.12. The first-order valence-corrected chi connectivity index (χ1v) is 10.9. The van der Waals surface area contributed by atoms with E-state index in [2.05, 4.69) is 5.32 Å². The first kappa shape index (κ1) is 23.0. The lowest BCUT2D eigenvalue weighted by atomic mass is 9.99. The van der Waals surface area contributed by atoms with E-state index in [0.717, 1.165) is 17.3 Å². The Hall–Kier alpha value is -4.15. The van der Waals surface area contributed by atoms with Crippen LogP contribution in [0.15, 0.2) is 42.5 Å². The smallest absolute Gasteiger partial charge is 0.414 e. The average Bonchev–Trinajstić information content (AvgIpc) is 2.83. The summed E-state index contributed by atoms with van der Waals surface area (Å²) in [6, 6.07) is 10.4. The average molecular weight is 468 g/mol. The number of hydrogen-bond donors (Lipinski definition) is 2. The van der Waals surface area contributed by atoms with Crippen molar-refractivity contribution in [2.24, 2.45) is 0 Å². The van der Waals surface area contributed by atoms with Crippen LogP contribution < -0.4 is 15.1 Å². The molecule has 2 N–H and O–H groups in total. The molecular weight excluding hydrogens is 444 g/mol. The van der Waals surface area contributed by atoms with Gasteiger partial charge in [0.1, 0.15) is 18.3 Å². The molecule has 1 atom stereocenters. The Morgan fingerprint density at radius 2 is 1.88 bits per heavy atom. The highest BCUT2D eigenvalue weighted by molar-refractivity contribution is 5.98. The maximum atomic E-state index is 12.5. The first-order chi connectivity index (χ1) is 16.3. The second-order valence-corrected chi connectivity index (χ2v) is 8.27. The number of nitro benzene ring substituents is 1. The van der Waals surface area contributed by atoms with Gasteiger partial charge in [-0.15, -0.1) is 0 Å². The number of carbonyl (C=O) groups excluding carboxylic acids is 2. The zero-order valence-electron chi connectivity index (χ0n) is 18.5. The van der Waals surface area contributed by atoms with Gasteiger partial charge in [-0.25, -0.2) is 4.79 Å². The highest BCUT2D eigenvalue weighted by atomic mass is 16.6. The molecule has 2 heterocycles. The standard InChI is InChI=1S/C23H24N4O7/c1-14(22(29)30)24-21(28)15-6-7-19(20(12-15)27(32)33)25-10-8-17(9-11-25)26-18-5-3-2-4-16(18)13-34-23(26)31/h2-7,12,14,17H,8-11,13H2,1H3,(H,24,28)(H,29,30). The summed E-state index contributed by atoms with van der Waals surface area (Å²) >= 11 is 0. The number of rotatable bonds is 6. The highest BCUT2D eigenvalue weighted by Gasteiger charge is 2.35. The largest absolute Gasteiger partial charge is 0.480 e. The molecule has 1 fully saturated rings. The second-order valence-electron chi connectivity index (χ2n) is 8.27. The Kier molecular flexibility index (Phi) is 6.35. The predicted molar refractivity (Wildman–Crippen MR) is 122 cm³/mol. The van der Waals surface area contributed by atoms with Gasteiger partial charge in [-0.2, -0.15) is 0 Å². The van der Waals surface area contributed by atoms with Gasteiger partial charge in [0.15, 0.2) is 0 Å². The van der Waals surface area contributed by atoms with E-state index in [1.54, 1.807) is 4.90 Å². The van der Waals surface area contributed by atoms with E-state index in [9.17, 15) is 24.5 Å². The number of amides is 2. The lowest BCUT2D eigenvalue weighted by Gasteiger charge is -2.40. The van der Waals surface area contributed by atoms with E-state index in [1.807, 2.05) is 29.2 Å². The molecule has 1 saturated heterocycles. The maximum absolute atomic E-state index is 12.5. The number of benzene rings is 2. The summed E-state index contributed by atoms with van der Waals surface area (Å²) in [7, 11) is 0. The summed E-state index contributed by atoms with van der Waals surface area (Å²) in [5.74, 6) is -1.91. The van der Waals surface area contributed by atoms with Crippen molar-refractivity contribution in [2.45, 2.75) is 38.5 Å². The molecular formula is C23H24N4O7. The first-order valence-electron chi connectivity index (χ1n) is 10.9. The summed E-state index contributed by atoms with van der Waals surface area (Å²) in [5.41, 5.74) is 1.90. The number of aliphatic carboxylic acids is 1. The molecule has 4 rings (SSSR count). The number of cyclic esters (lactones) is 1. The normalized spacial score (nSPS) is 16.9. The molecule has 2 aliphatic rings. The molecule has 2 amide bonds. The zero-order chi connectivity index (χ0) is 24.4.